The van der Waals surface area contributed by atoms with Crippen LogP contribution in [-0.2, 0) is 29.5 Å². The van der Waals surface area contributed by atoms with Gasteiger partial charge >= 0.3 is 0 Å². The van der Waals surface area contributed by atoms with Crippen LogP contribution in [0.3, 0.4) is 0 Å². The van der Waals surface area contributed by atoms with Crippen LogP contribution in [0, 0.1) is 0 Å². The third-order valence-electron chi connectivity index (χ3n) is 3.79. The highest BCUT2D eigenvalue weighted by Crippen LogP contribution is 2.27. The van der Waals surface area contributed by atoms with Crippen molar-refractivity contribution in [1.82, 2.24) is 14.1 Å². The fourth-order valence-electron chi connectivity index (χ4n) is 2.59. The molecule has 1 aromatic heterocycles. The van der Waals surface area contributed by atoms with Crippen molar-refractivity contribution >= 4 is 15.8 Å². The zero-order valence-electron chi connectivity index (χ0n) is 11.9. The van der Waals surface area contributed by atoms with Gasteiger partial charge in [-0.3, -0.25) is 4.68 Å². The average molecular weight is 306 g/mol. The summed E-state index contributed by atoms with van der Waals surface area (Å²) in [6.45, 7) is 3.33. The predicted octanol–water partition coefficient (Wildman–Crippen LogP) is 1.23. The van der Waals surface area contributed by atoms with Crippen LogP contribution in [0.2, 0.25) is 0 Å². The van der Waals surface area contributed by atoms with Gasteiger partial charge in [-0.05, 0) is 24.5 Å². The van der Waals surface area contributed by atoms with E-state index in [1.165, 1.54) is 16.1 Å². The Balaban J connectivity index is 1.95. The van der Waals surface area contributed by atoms with E-state index in [9.17, 15) is 8.42 Å². The van der Waals surface area contributed by atoms with Gasteiger partial charge in [0.1, 0.15) is 4.90 Å². The maximum atomic E-state index is 12.7. The number of sulfonamides is 1. The van der Waals surface area contributed by atoms with Gasteiger partial charge in [-0.1, -0.05) is 24.3 Å². The minimum atomic E-state index is -3.60. The predicted molar refractivity (Wildman–Crippen MR) is 80.1 cm³/mol. The van der Waals surface area contributed by atoms with E-state index in [1.807, 2.05) is 31.2 Å². The van der Waals surface area contributed by atoms with E-state index in [2.05, 4.69) is 5.10 Å². The van der Waals surface area contributed by atoms with Crippen molar-refractivity contribution in [2.24, 2.45) is 0 Å². The molecule has 2 N–H and O–H groups in total. The molecule has 1 aliphatic heterocycles. The van der Waals surface area contributed by atoms with Crippen molar-refractivity contribution < 1.29 is 8.42 Å². The lowest BCUT2D eigenvalue weighted by Crippen LogP contribution is -2.36. The number of rotatable bonds is 3. The summed E-state index contributed by atoms with van der Waals surface area (Å²) in [5, 5.41) is 4.02. The quantitative estimate of drug-likeness (QED) is 0.925. The minimum absolute atomic E-state index is 0.0655. The number of nitrogens with two attached hydrogens (primary N) is 1. The summed E-state index contributed by atoms with van der Waals surface area (Å²) in [7, 11) is -3.60. The third-order valence-corrected chi connectivity index (χ3v) is 5.65. The molecule has 6 nitrogen and oxygen atoms in total. The van der Waals surface area contributed by atoms with E-state index in [-0.39, 0.29) is 10.7 Å². The summed E-state index contributed by atoms with van der Waals surface area (Å²) in [6, 6.07) is 7.92. The second-order valence-electron chi connectivity index (χ2n) is 5.09. The number of aryl methyl sites for hydroxylation is 1. The SMILES string of the molecule is CCn1cc(S(=O)(=O)N2CCc3ccccc3C2)c(N)n1. The molecular weight excluding hydrogens is 288 g/mol. The van der Waals surface area contributed by atoms with Crippen LogP contribution in [0.1, 0.15) is 18.1 Å². The molecule has 0 bridgehead atoms. The first-order chi connectivity index (χ1) is 10.0. The normalized spacial score (nSPS) is 15.9. The molecule has 0 unspecified atom stereocenters. The molecule has 0 saturated carbocycles. The lowest BCUT2D eigenvalue weighted by atomic mass is 10.0. The number of nitrogen functional groups attached to an aromatic ring is 1. The van der Waals surface area contributed by atoms with Crippen LogP contribution in [0.4, 0.5) is 5.82 Å². The second kappa shape index (κ2) is 5.16. The molecule has 112 valence electrons. The van der Waals surface area contributed by atoms with Gasteiger partial charge in [0.25, 0.3) is 0 Å². The molecule has 0 radical (unpaired) electrons. The van der Waals surface area contributed by atoms with Crippen molar-refractivity contribution in [1.29, 1.82) is 0 Å². The fraction of sp³-hybridized carbons (Fsp3) is 0.357. The summed E-state index contributed by atoms with van der Waals surface area (Å²) in [6.07, 6.45) is 2.22. The van der Waals surface area contributed by atoms with Crippen molar-refractivity contribution in [3.05, 3.63) is 41.6 Å². The minimum Gasteiger partial charge on any atom is -0.381 e. The lowest BCUT2D eigenvalue weighted by Gasteiger charge is -2.27. The Morgan fingerprint density at radius 1 is 1.29 bits per heavy atom. The first-order valence-corrected chi connectivity index (χ1v) is 8.36. The van der Waals surface area contributed by atoms with Crippen molar-refractivity contribution in [2.75, 3.05) is 12.3 Å². The summed E-state index contributed by atoms with van der Waals surface area (Å²) in [5.41, 5.74) is 8.03. The van der Waals surface area contributed by atoms with Crippen LogP contribution in [0.5, 0.6) is 0 Å². The van der Waals surface area contributed by atoms with Crippen molar-refractivity contribution in [2.45, 2.75) is 31.3 Å². The van der Waals surface area contributed by atoms with Gasteiger partial charge in [0.05, 0.1) is 0 Å². The van der Waals surface area contributed by atoms with E-state index in [1.54, 1.807) is 4.68 Å². The third kappa shape index (κ3) is 2.43. The summed E-state index contributed by atoms with van der Waals surface area (Å²) < 4.78 is 28.5. The molecule has 1 aromatic carbocycles. The van der Waals surface area contributed by atoms with Crippen LogP contribution < -0.4 is 5.73 Å². The van der Waals surface area contributed by atoms with E-state index in [4.69, 9.17) is 5.73 Å². The number of aromatic nitrogens is 2. The average Bonchev–Trinajstić information content (AvgIpc) is 2.88. The highest BCUT2D eigenvalue weighted by molar-refractivity contribution is 7.89. The Morgan fingerprint density at radius 3 is 2.67 bits per heavy atom. The van der Waals surface area contributed by atoms with Gasteiger partial charge < -0.3 is 5.73 Å². The highest BCUT2D eigenvalue weighted by atomic mass is 32.2. The van der Waals surface area contributed by atoms with Gasteiger partial charge in [-0.15, -0.1) is 0 Å². The number of hydrogen-bond acceptors (Lipinski definition) is 4. The molecule has 0 spiro atoms. The molecule has 0 fully saturated rings. The number of nitrogens with zero attached hydrogens (tertiary/aromatic N) is 3. The fourth-order valence-corrected chi connectivity index (χ4v) is 4.07. The standard InChI is InChI=1S/C14H18N4O2S/c1-2-17-10-13(14(15)16-17)21(19,20)18-8-7-11-5-3-4-6-12(11)9-18/h3-6,10H,2,7-9H2,1H3,(H2,15,16). The first kappa shape index (κ1) is 14.1. The van der Waals surface area contributed by atoms with E-state index in [0.717, 1.165) is 12.0 Å². The van der Waals surface area contributed by atoms with Crippen LogP contribution in [0.25, 0.3) is 0 Å². The molecule has 2 heterocycles. The van der Waals surface area contributed by atoms with Gasteiger partial charge in [0, 0.05) is 25.8 Å². The zero-order chi connectivity index (χ0) is 15.0. The van der Waals surface area contributed by atoms with Gasteiger partial charge in [0.15, 0.2) is 5.82 Å². The molecule has 21 heavy (non-hydrogen) atoms. The lowest BCUT2D eigenvalue weighted by molar-refractivity contribution is 0.391. The Labute approximate surface area is 124 Å². The van der Waals surface area contributed by atoms with Crippen molar-refractivity contribution in [3.63, 3.8) is 0 Å². The molecule has 0 saturated heterocycles. The highest BCUT2D eigenvalue weighted by Gasteiger charge is 2.31. The maximum Gasteiger partial charge on any atom is 0.248 e. The molecule has 0 amide bonds. The molecule has 0 atom stereocenters. The Morgan fingerprint density at radius 2 is 2.00 bits per heavy atom. The zero-order valence-corrected chi connectivity index (χ0v) is 12.7. The number of fused-ring (bicyclic) bond motifs is 1. The van der Waals surface area contributed by atoms with Gasteiger partial charge in [0.2, 0.25) is 10.0 Å². The Bertz CT molecular complexity index is 767. The van der Waals surface area contributed by atoms with Crippen molar-refractivity contribution in [3.8, 4) is 0 Å². The Kier molecular flexibility index (Phi) is 3.46. The van der Waals surface area contributed by atoms with Crippen LogP contribution >= 0.6 is 0 Å². The van der Waals surface area contributed by atoms with E-state index >= 15 is 0 Å². The summed E-state index contributed by atoms with van der Waals surface area (Å²) >= 11 is 0. The molecule has 2 aromatic rings. The second-order valence-corrected chi connectivity index (χ2v) is 7.00. The smallest absolute Gasteiger partial charge is 0.248 e. The monoisotopic (exact) mass is 306 g/mol. The number of anilines is 1. The number of benzene rings is 1. The van der Waals surface area contributed by atoms with E-state index in [0.29, 0.717) is 19.6 Å². The molecular formula is C14H18N4O2S. The largest absolute Gasteiger partial charge is 0.381 e. The number of hydrogen-bond donors (Lipinski definition) is 1. The summed E-state index contributed by atoms with van der Waals surface area (Å²) in [4.78, 5) is 0.101. The first-order valence-electron chi connectivity index (χ1n) is 6.92. The maximum absolute atomic E-state index is 12.7. The van der Waals surface area contributed by atoms with Crippen LogP contribution in [-0.4, -0.2) is 29.0 Å². The molecule has 3 rings (SSSR count). The molecule has 1 aliphatic rings. The Hall–Kier alpha value is -1.86. The topological polar surface area (TPSA) is 81.2 Å². The summed E-state index contributed by atoms with van der Waals surface area (Å²) in [5.74, 6) is 0.0655. The molecule has 7 heteroatoms. The van der Waals surface area contributed by atoms with Gasteiger partial charge in [-0.25, -0.2) is 8.42 Å². The van der Waals surface area contributed by atoms with E-state index < -0.39 is 10.0 Å². The van der Waals surface area contributed by atoms with Gasteiger partial charge in [-0.2, -0.15) is 9.40 Å². The van der Waals surface area contributed by atoms with Crippen LogP contribution in [0.15, 0.2) is 35.4 Å². The molecule has 0 aliphatic carbocycles.